The fourth-order valence-corrected chi connectivity index (χ4v) is 2.67. The third kappa shape index (κ3) is 3.25. The molecule has 2 saturated heterocycles. The van der Waals surface area contributed by atoms with E-state index < -0.39 is 6.10 Å². The van der Waals surface area contributed by atoms with Gasteiger partial charge in [-0.1, -0.05) is 0 Å². The van der Waals surface area contributed by atoms with Crippen molar-refractivity contribution in [3.63, 3.8) is 0 Å². The number of rotatable bonds is 2. The van der Waals surface area contributed by atoms with Gasteiger partial charge in [0.25, 0.3) is 0 Å². The predicted molar refractivity (Wildman–Crippen MR) is 70.4 cm³/mol. The Balaban J connectivity index is 1.88. The zero-order valence-corrected chi connectivity index (χ0v) is 11.8. The van der Waals surface area contributed by atoms with E-state index in [1.807, 2.05) is 20.8 Å². The molecule has 6 heteroatoms. The van der Waals surface area contributed by atoms with Gasteiger partial charge in [-0.2, -0.15) is 0 Å². The molecule has 0 bridgehead atoms. The molecule has 2 amide bonds. The molecule has 0 aromatic carbocycles. The first kappa shape index (κ1) is 14.3. The molecule has 0 saturated carbocycles. The number of carbonyl (C=O) groups is 2. The summed E-state index contributed by atoms with van der Waals surface area (Å²) in [4.78, 5) is 25.7. The van der Waals surface area contributed by atoms with Crippen LogP contribution in [0.2, 0.25) is 0 Å². The van der Waals surface area contributed by atoms with E-state index in [0.717, 1.165) is 0 Å². The van der Waals surface area contributed by atoms with Crippen molar-refractivity contribution in [1.29, 1.82) is 0 Å². The van der Waals surface area contributed by atoms with Gasteiger partial charge < -0.3 is 20.6 Å². The van der Waals surface area contributed by atoms with Crippen LogP contribution in [0, 0.1) is 0 Å². The van der Waals surface area contributed by atoms with E-state index >= 15 is 0 Å². The van der Waals surface area contributed by atoms with E-state index in [2.05, 4.69) is 10.6 Å². The number of nitrogens with zero attached hydrogens (tertiary/aromatic N) is 1. The molecule has 0 radical (unpaired) electrons. The van der Waals surface area contributed by atoms with Crippen LogP contribution in [-0.4, -0.2) is 58.6 Å². The van der Waals surface area contributed by atoms with E-state index in [9.17, 15) is 14.7 Å². The molecule has 2 aliphatic rings. The highest BCUT2D eigenvalue weighted by atomic mass is 16.3. The number of aliphatic hydroxyl groups excluding tert-OH is 1. The molecule has 2 heterocycles. The third-order valence-corrected chi connectivity index (χ3v) is 3.71. The fraction of sp³-hybridized carbons (Fsp3) is 0.846. The summed E-state index contributed by atoms with van der Waals surface area (Å²) in [5, 5.41) is 15.3. The Kier molecular flexibility index (Phi) is 3.82. The summed E-state index contributed by atoms with van der Waals surface area (Å²) < 4.78 is 0. The second kappa shape index (κ2) is 5.09. The molecule has 19 heavy (non-hydrogen) atoms. The van der Waals surface area contributed by atoms with Crippen LogP contribution in [0.5, 0.6) is 0 Å². The number of aliphatic hydroxyl groups is 1. The highest BCUT2D eigenvalue weighted by Crippen LogP contribution is 2.22. The van der Waals surface area contributed by atoms with E-state index in [4.69, 9.17) is 0 Å². The lowest BCUT2D eigenvalue weighted by Gasteiger charge is -2.32. The topological polar surface area (TPSA) is 81.7 Å². The maximum absolute atomic E-state index is 12.0. The molecule has 108 valence electrons. The molecule has 2 fully saturated rings. The van der Waals surface area contributed by atoms with Gasteiger partial charge in [-0.05, 0) is 27.2 Å². The minimum atomic E-state index is -0.452. The number of β-amino-alcohol motifs (C(OH)–C–C–N with tert-alkyl or cyclic N) is 1. The lowest BCUT2D eigenvalue weighted by Crippen LogP contribution is -2.48. The van der Waals surface area contributed by atoms with Crippen LogP contribution < -0.4 is 10.6 Å². The molecule has 3 atom stereocenters. The lowest BCUT2D eigenvalue weighted by atomic mass is 10.1. The first-order valence-corrected chi connectivity index (χ1v) is 6.79. The molecule has 6 nitrogen and oxygen atoms in total. The van der Waals surface area contributed by atoms with Gasteiger partial charge in [0.05, 0.1) is 18.2 Å². The van der Waals surface area contributed by atoms with Gasteiger partial charge in [0.1, 0.15) is 0 Å². The first-order valence-electron chi connectivity index (χ1n) is 6.79. The van der Waals surface area contributed by atoms with Gasteiger partial charge in [0.2, 0.25) is 11.8 Å². The van der Waals surface area contributed by atoms with Crippen molar-refractivity contribution in [1.82, 2.24) is 15.5 Å². The third-order valence-electron chi connectivity index (χ3n) is 3.71. The minimum absolute atomic E-state index is 0.0808. The van der Waals surface area contributed by atoms with Gasteiger partial charge in [0.15, 0.2) is 0 Å². The van der Waals surface area contributed by atoms with E-state index in [0.29, 0.717) is 25.9 Å². The van der Waals surface area contributed by atoms with Crippen LogP contribution in [0.4, 0.5) is 0 Å². The highest BCUT2D eigenvalue weighted by molar-refractivity contribution is 5.85. The zero-order valence-electron chi connectivity index (χ0n) is 11.8. The average molecular weight is 269 g/mol. The molecule has 0 unspecified atom stereocenters. The smallest absolute Gasteiger partial charge is 0.237 e. The van der Waals surface area contributed by atoms with Gasteiger partial charge >= 0.3 is 0 Å². The quantitative estimate of drug-likeness (QED) is 0.614. The molecule has 3 N–H and O–H groups in total. The van der Waals surface area contributed by atoms with Crippen molar-refractivity contribution in [3.05, 3.63) is 0 Å². The molecular formula is C13H23N3O3. The summed E-state index contributed by atoms with van der Waals surface area (Å²) in [6, 6.07) is -0.465. The van der Waals surface area contributed by atoms with Gasteiger partial charge in [-0.3, -0.25) is 9.59 Å². The molecule has 2 aliphatic heterocycles. The summed E-state index contributed by atoms with van der Waals surface area (Å²) in [6.07, 6.45) is 0.348. The van der Waals surface area contributed by atoms with Crippen LogP contribution >= 0.6 is 0 Å². The highest BCUT2D eigenvalue weighted by Gasteiger charge is 2.38. The summed E-state index contributed by atoms with van der Waals surface area (Å²) in [7, 11) is 0. The largest absolute Gasteiger partial charge is 0.392 e. The molecule has 0 aliphatic carbocycles. The molecular weight excluding hydrogens is 246 g/mol. The van der Waals surface area contributed by atoms with E-state index in [1.54, 1.807) is 4.90 Å². The zero-order chi connectivity index (χ0) is 14.2. The minimum Gasteiger partial charge on any atom is -0.392 e. The fourth-order valence-electron chi connectivity index (χ4n) is 2.67. The van der Waals surface area contributed by atoms with Crippen molar-refractivity contribution in [2.24, 2.45) is 0 Å². The second-order valence-corrected chi connectivity index (χ2v) is 6.44. The Morgan fingerprint density at radius 2 is 2.16 bits per heavy atom. The van der Waals surface area contributed by atoms with Crippen molar-refractivity contribution >= 4 is 11.8 Å². The Labute approximate surface area is 113 Å². The van der Waals surface area contributed by atoms with Crippen molar-refractivity contribution in [3.8, 4) is 0 Å². The van der Waals surface area contributed by atoms with Crippen molar-refractivity contribution in [2.45, 2.75) is 57.3 Å². The van der Waals surface area contributed by atoms with Crippen LogP contribution in [0.1, 0.15) is 33.6 Å². The molecule has 0 aromatic heterocycles. The molecule has 0 aromatic rings. The first-order chi connectivity index (χ1) is 8.77. The number of likely N-dealkylation sites (tertiary alicyclic amines) is 1. The Morgan fingerprint density at radius 1 is 1.47 bits per heavy atom. The SMILES string of the molecule is CC(C)(C)N1C[C@H](NC(=O)[C@H]2C[C@@H](O)CN2)CC1=O. The maximum Gasteiger partial charge on any atom is 0.237 e. The molecule has 0 spiro atoms. The van der Waals surface area contributed by atoms with Gasteiger partial charge in [-0.25, -0.2) is 0 Å². The Hall–Kier alpha value is -1.14. The number of amides is 2. The predicted octanol–water partition coefficient (Wildman–Crippen LogP) is -0.775. The maximum atomic E-state index is 12.0. The van der Waals surface area contributed by atoms with Crippen LogP contribution in [0.3, 0.4) is 0 Å². The van der Waals surface area contributed by atoms with Crippen molar-refractivity contribution in [2.75, 3.05) is 13.1 Å². The lowest BCUT2D eigenvalue weighted by molar-refractivity contribution is -0.131. The Bertz CT molecular complexity index is 378. The summed E-state index contributed by atoms with van der Waals surface area (Å²) in [5.74, 6) is -0.0395. The van der Waals surface area contributed by atoms with Gasteiger partial charge in [0, 0.05) is 25.0 Å². The summed E-state index contributed by atoms with van der Waals surface area (Å²) in [5.41, 5.74) is -0.210. The van der Waals surface area contributed by atoms with Gasteiger partial charge in [-0.15, -0.1) is 0 Å². The molecule has 2 rings (SSSR count). The monoisotopic (exact) mass is 269 g/mol. The number of nitrogens with one attached hydrogen (secondary N) is 2. The number of carbonyl (C=O) groups excluding carboxylic acids is 2. The summed E-state index contributed by atoms with van der Waals surface area (Å²) >= 11 is 0. The van der Waals surface area contributed by atoms with Crippen LogP contribution in [0.15, 0.2) is 0 Å². The Morgan fingerprint density at radius 3 is 2.63 bits per heavy atom. The van der Waals surface area contributed by atoms with Crippen LogP contribution in [0.25, 0.3) is 0 Å². The summed E-state index contributed by atoms with van der Waals surface area (Å²) in [6.45, 7) is 6.98. The standard InChI is InChI=1S/C13H23N3O3/c1-13(2,3)16-7-8(4-11(16)18)15-12(19)10-5-9(17)6-14-10/h8-10,14,17H,4-7H2,1-3H3,(H,15,19)/t8-,9-,10-/m1/s1. The number of hydrogen-bond donors (Lipinski definition) is 3. The van der Waals surface area contributed by atoms with E-state index in [1.165, 1.54) is 0 Å². The second-order valence-electron chi connectivity index (χ2n) is 6.44. The number of hydrogen-bond acceptors (Lipinski definition) is 4. The van der Waals surface area contributed by atoms with Crippen LogP contribution in [-0.2, 0) is 9.59 Å². The average Bonchev–Trinajstić information content (AvgIpc) is 2.84. The normalized spacial score (nSPS) is 31.9. The van der Waals surface area contributed by atoms with E-state index in [-0.39, 0.29) is 29.4 Å². The van der Waals surface area contributed by atoms with Crippen molar-refractivity contribution < 1.29 is 14.7 Å².